The van der Waals surface area contributed by atoms with Gasteiger partial charge in [-0.3, -0.25) is 0 Å². The smallest absolute Gasteiger partial charge is 0.0951 e. The van der Waals surface area contributed by atoms with E-state index in [0.717, 1.165) is 12.8 Å². The summed E-state index contributed by atoms with van der Waals surface area (Å²) in [5, 5.41) is 9.65. The Balaban J connectivity index is 3.51. The van der Waals surface area contributed by atoms with Crippen molar-refractivity contribution >= 4 is 0 Å². The topological polar surface area (TPSA) is 29.5 Å². The highest BCUT2D eigenvalue weighted by Gasteiger charge is 2.27. The van der Waals surface area contributed by atoms with E-state index in [1.54, 1.807) is 0 Å². The van der Waals surface area contributed by atoms with Crippen molar-refractivity contribution in [2.75, 3.05) is 13.2 Å². The second-order valence-electron chi connectivity index (χ2n) is 6.77. The first kappa shape index (κ1) is 21.5. The number of hydrogen-bond donors (Lipinski definition) is 1. The van der Waals surface area contributed by atoms with Crippen LogP contribution >= 0.6 is 0 Å². The minimum atomic E-state index is -0.0620. The van der Waals surface area contributed by atoms with Gasteiger partial charge in [-0.2, -0.15) is 0 Å². The Labute approximate surface area is 139 Å². The zero-order valence-corrected chi connectivity index (χ0v) is 15.2. The van der Waals surface area contributed by atoms with Crippen molar-refractivity contribution in [3.63, 3.8) is 0 Å². The van der Waals surface area contributed by atoms with Gasteiger partial charge in [0.1, 0.15) is 0 Å². The molecule has 2 nitrogen and oxygen atoms in total. The standard InChI is InChI=1S/C20H40O2/c1-4-7-8-9-10-11-12-13-14-15-16-17-20(5-2,18-21)19-22-6-3/h6,21H,3-5,7-19H2,1-2H3. The minimum absolute atomic E-state index is 0.0620. The molecule has 0 aliphatic rings. The average molecular weight is 313 g/mol. The lowest BCUT2D eigenvalue weighted by Crippen LogP contribution is -2.29. The van der Waals surface area contributed by atoms with Crippen molar-refractivity contribution in [1.29, 1.82) is 0 Å². The van der Waals surface area contributed by atoms with Gasteiger partial charge in [0, 0.05) is 5.41 Å². The number of aliphatic hydroxyl groups is 1. The van der Waals surface area contributed by atoms with Gasteiger partial charge in [0.05, 0.1) is 19.5 Å². The fourth-order valence-corrected chi connectivity index (χ4v) is 2.99. The van der Waals surface area contributed by atoms with E-state index in [-0.39, 0.29) is 12.0 Å². The summed E-state index contributed by atoms with van der Waals surface area (Å²) in [6, 6.07) is 0. The van der Waals surface area contributed by atoms with Crippen molar-refractivity contribution in [3.8, 4) is 0 Å². The predicted octanol–water partition coefficient (Wildman–Crippen LogP) is 6.24. The molecule has 1 unspecified atom stereocenters. The average Bonchev–Trinajstić information content (AvgIpc) is 2.56. The normalized spacial score (nSPS) is 13.8. The third-order valence-corrected chi connectivity index (χ3v) is 4.90. The molecule has 0 aliphatic heterocycles. The fraction of sp³-hybridized carbons (Fsp3) is 0.900. The molecule has 0 aromatic carbocycles. The molecule has 0 spiro atoms. The zero-order valence-electron chi connectivity index (χ0n) is 15.2. The van der Waals surface area contributed by atoms with E-state index in [9.17, 15) is 5.11 Å². The highest BCUT2D eigenvalue weighted by molar-refractivity contribution is 4.78. The van der Waals surface area contributed by atoms with Crippen molar-refractivity contribution in [1.82, 2.24) is 0 Å². The summed E-state index contributed by atoms with van der Waals surface area (Å²) in [5.74, 6) is 0. The summed E-state index contributed by atoms with van der Waals surface area (Å²) in [4.78, 5) is 0. The van der Waals surface area contributed by atoms with Crippen LogP contribution in [-0.2, 0) is 4.74 Å². The van der Waals surface area contributed by atoms with Crippen molar-refractivity contribution in [2.45, 2.75) is 97.3 Å². The maximum absolute atomic E-state index is 9.65. The van der Waals surface area contributed by atoms with Crippen LogP contribution in [0.2, 0.25) is 0 Å². The Bertz CT molecular complexity index is 234. The minimum Gasteiger partial charge on any atom is -0.501 e. The molecule has 0 saturated heterocycles. The van der Waals surface area contributed by atoms with E-state index < -0.39 is 0 Å². The van der Waals surface area contributed by atoms with Gasteiger partial charge in [-0.15, -0.1) is 0 Å². The lowest BCUT2D eigenvalue weighted by Gasteiger charge is -2.29. The van der Waals surface area contributed by atoms with E-state index in [1.807, 2.05) is 0 Å². The van der Waals surface area contributed by atoms with Crippen LogP contribution in [0.3, 0.4) is 0 Å². The second kappa shape index (κ2) is 15.4. The highest BCUT2D eigenvalue weighted by atomic mass is 16.5. The number of aliphatic hydroxyl groups excluding tert-OH is 1. The molecule has 0 bridgehead atoms. The Morgan fingerprint density at radius 1 is 0.864 bits per heavy atom. The molecule has 2 heteroatoms. The number of rotatable bonds is 17. The van der Waals surface area contributed by atoms with Crippen molar-refractivity contribution in [3.05, 3.63) is 12.8 Å². The molecule has 0 amide bonds. The molecule has 0 heterocycles. The fourth-order valence-electron chi connectivity index (χ4n) is 2.99. The lowest BCUT2D eigenvalue weighted by atomic mass is 9.81. The van der Waals surface area contributed by atoms with Crippen molar-refractivity contribution < 1.29 is 9.84 Å². The van der Waals surface area contributed by atoms with E-state index >= 15 is 0 Å². The van der Waals surface area contributed by atoms with Gasteiger partial charge < -0.3 is 9.84 Å². The summed E-state index contributed by atoms with van der Waals surface area (Å²) in [7, 11) is 0. The van der Waals surface area contributed by atoms with E-state index in [0.29, 0.717) is 6.61 Å². The number of ether oxygens (including phenoxy) is 1. The van der Waals surface area contributed by atoms with Gasteiger partial charge in [-0.05, 0) is 12.8 Å². The summed E-state index contributed by atoms with van der Waals surface area (Å²) in [5.41, 5.74) is -0.0620. The molecule has 0 rings (SSSR count). The van der Waals surface area contributed by atoms with Gasteiger partial charge in [0.25, 0.3) is 0 Å². The van der Waals surface area contributed by atoms with Crippen LogP contribution in [0.4, 0.5) is 0 Å². The first-order valence-electron chi connectivity index (χ1n) is 9.58. The van der Waals surface area contributed by atoms with Gasteiger partial charge in [0.2, 0.25) is 0 Å². The van der Waals surface area contributed by atoms with Crippen LogP contribution in [-0.4, -0.2) is 18.3 Å². The molecule has 0 fully saturated rings. The van der Waals surface area contributed by atoms with Gasteiger partial charge >= 0.3 is 0 Å². The van der Waals surface area contributed by atoms with E-state index in [1.165, 1.54) is 76.9 Å². The summed E-state index contributed by atoms with van der Waals surface area (Å²) >= 11 is 0. The second-order valence-corrected chi connectivity index (χ2v) is 6.77. The van der Waals surface area contributed by atoms with Crippen LogP contribution in [0.1, 0.15) is 97.3 Å². The molecular formula is C20H40O2. The maximum atomic E-state index is 9.65. The molecule has 1 atom stereocenters. The molecule has 0 saturated carbocycles. The monoisotopic (exact) mass is 312 g/mol. The van der Waals surface area contributed by atoms with E-state index in [4.69, 9.17) is 4.74 Å². The molecule has 132 valence electrons. The molecule has 1 N–H and O–H groups in total. The zero-order chi connectivity index (χ0) is 16.5. The van der Waals surface area contributed by atoms with Gasteiger partial charge in [0.15, 0.2) is 0 Å². The van der Waals surface area contributed by atoms with Crippen molar-refractivity contribution in [2.24, 2.45) is 5.41 Å². The molecule has 0 aliphatic carbocycles. The SMILES string of the molecule is C=COCC(CC)(CO)CCCCCCCCCCCCC. The summed E-state index contributed by atoms with van der Waals surface area (Å²) in [6.07, 6.45) is 18.5. The number of unbranched alkanes of at least 4 members (excludes halogenated alkanes) is 10. The Kier molecular flexibility index (Phi) is 15.0. The molecule has 0 aromatic rings. The molecule has 0 aromatic heterocycles. The Hall–Kier alpha value is -0.500. The van der Waals surface area contributed by atoms with Crippen LogP contribution in [0.15, 0.2) is 12.8 Å². The summed E-state index contributed by atoms with van der Waals surface area (Å²) in [6.45, 7) is 8.82. The highest BCUT2D eigenvalue weighted by Crippen LogP contribution is 2.29. The van der Waals surface area contributed by atoms with Crippen LogP contribution in [0, 0.1) is 5.41 Å². The molecule has 22 heavy (non-hydrogen) atoms. The van der Waals surface area contributed by atoms with Gasteiger partial charge in [-0.25, -0.2) is 0 Å². The molecular weight excluding hydrogens is 272 g/mol. The Morgan fingerprint density at radius 2 is 1.36 bits per heavy atom. The quantitative estimate of drug-likeness (QED) is 0.254. The van der Waals surface area contributed by atoms with E-state index in [2.05, 4.69) is 20.4 Å². The van der Waals surface area contributed by atoms with Crippen LogP contribution in [0.5, 0.6) is 0 Å². The largest absolute Gasteiger partial charge is 0.501 e. The summed E-state index contributed by atoms with van der Waals surface area (Å²) < 4.78 is 5.34. The predicted molar refractivity (Wildman–Crippen MR) is 97.0 cm³/mol. The maximum Gasteiger partial charge on any atom is 0.0951 e. The van der Waals surface area contributed by atoms with Gasteiger partial charge in [-0.1, -0.05) is 91.1 Å². The first-order chi connectivity index (χ1) is 10.7. The Morgan fingerprint density at radius 3 is 1.77 bits per heavy atom. The third-order valence-electron chi connectivity index (χ3n) is 4.90. The lowest BCUT2D eigenvalue weighted by molar-refractivity contribution is 0.0339. The molecule has 0 radical (unpaired) electrons. The first-order valence-corrected chi connectivity index (χ1v) is 9.58. The third kappa shape index (κ3) is 11.1. The number of hydrogen-bond acceptors (Lipinski definition) is 2. The van der Waals surface area contributed by atoms with Crippen LogP contribution in [0.25, 0.3) is 0 Å². The van der Waals surface area contributed by atoms with Crippen LogP contribution < -0.4 is 0 Å².